The Bertz CT molecular complexity index is 695. The topological polar surface area (TPSA) is 48.4 Å². The standard InChI is InChI=1S/C12H12N2OS.C9H17N.C3H8.C2H6/c15-9-3-1-8(2-4-9)12-14-10-5-6-13-7-11(10)16-12;1-2-7-10(8-3-1)9-5-4-6-9;1-3-2;1-2/h1-4,13,15H,5-7H2;9H,1-8H2;3H2,1-2H3;1-2H3. The van der Waals surface area contributed by atoms with Crippen molar-refractivity contribution in [3.8, 4) is 16.3 Å². The van der Waals surface area contributed by atoms with Crippen molar-refractivity contribution < 1.29 is 5.11 Å². The number of nitrogens with zero attached hydrogens (tertiary/aromatic N) is 2. The molecule has 174 valence electrons. The van der Waals surface area contributed by atoms with Crippen LogP contribution in [0.4, 0.5) is 0 Å². The van der Waals surface area contributed by atoms with Gasteiger partial charge in [-0.15, -0.1) is 11.3 Å². The molecule has 2 fully saturated rings. The van der Waals surface area contributed by atoms with Crippen LogP contribution in [0, 0.1) is 0 Å². The molecule has 3 aliphatic rings. The molecule has 5 heteroatoms. The number of fused-ring (bicyclic) bond motifs is 1. The zero-order chi connectivity index (χ0) is 22.5. The van der Waals surface area contributed by atoms with E-state index in [4.69, 9.17) is 0 Å². The zero-order valence-electron chi connectivity index (χ0n) is 20.1. The Hall–Kier alpha value is -1.43. The normalized spacial score (nSPS) is 18.1. The molecule has 2 aromatic rings. The Morgan fingerprint density at radius 1 is 1.03 bits per heavy atom. The molecule has 2 N–H and O–H groups in total. The average Bonchev–Trinajstić information content (AvgIpc) is 3.21. The predicted octanol–water partition coefficient (Wildman–Crippen LogP) is 6.63. The van der Waals surface area contributed by atoms with Crippen LogP contribution in [0.5, 0.6) is 5.75 Å². The van der Waals surface area contributed by atoms with Gasteiger partial charge in [0.05, 0.1) is 5.69 Å². The molecule has 0 bridgehead atoms. The minimum Gasteiger partial charge on any atom is -0.508 e. The Morgan fingerprint density at radius 2 is 1.68 bits per heavy atom. The predicted molar refractivity (Wildman–Crippen MR) is 135 cm³/mol. The van der Waals surface area contributed by atoms with Crippen LogP contribution in [0.1, 0.15) is 83.2 Å². The molecule has 31 heavy (non-hydrogen) atoms. The highest BCUT2D eigenvalue weighted by atomic mass is 32.1. The number of rotatable bonds is 2. The second kappa shape index (κ2) is 14.6. The number of thiazole rings is 1. The second-order valence-corrected chi connectivity index (χ2v) is 9.33. The van der Waals surface area contributed by atoms with Crippen LogP contribution in [-0.4, -0.2) is 40.7 Å². The number of aromatic nitrogens is 1. The number of hydrogen-bond acceptors (Lipinski definition) is 5. The first kappa shape index (κ1) is 25.8. The lowest BCUT2D eigenvalue weighted by Gasteiger charge is -2.39. The van der Waals surface area contributed by atoms with Crippen LogP contribution in [0.25, 0.3) is 10.6 Å². The molecule has 1 aromatic carbocycles. The van der Waals surface area contributed by atoms with Gasteiger partial charge in [0, 0.05) is 36.0 Å². The maximum Gasteiger partial charge on any atom is 0.123 e. The van der Waals surface area contributed by atoms with E-state index in [1.54, 1.807) is 23.5 Å². The van der Waals surface area contributed by atoms with Gasteiger partial charge < -0.3 is 15.3 Å². The van der Waals surface area contributed by atoms with Gasteiger partial charge in [-0.1, -0.05) is 47.0 Å². The molecular formula is C26H43N3OS. The first-order valence-electron chi connectivity index (χ1n) is 12.4. The third-order valence-electron chi connectivity index (χ3n) is 5.70. The first-order valence-corrected chi connectivity index (χ1v) is 13.3. The maximum atomic E-state index is 9.24. The van der Waals surface area contributed by atoms with Gasteiger partial charge in [-0.25, -0.2) is 4.98 Å². The molecule has 1 aliphatic carbocycles. The number of piperidine rings is 1. The van der Waals surface area contributed by atoms with Gasteiger partial charge in [0.15, 0.2) is 0 Å². The van der Waals surface area contributed by atoms with Crippen molar-refractivity contribution in [3.05, 3.63) is 34.8 Å². The molecule has 1 saturated heterocycles. The van der Waals surface area contributed by atoms with Crippen molar-refractivity contribution in [2.45, 2.75) is 91.6 Å². The largest absolute Gasteiger partial charge is 0.508 e. The van der Waals surface area contributed by atoms with Crippen molar-refractivity contribution in [3.63, 3.8) is 0 Å². The number of phenolic OH excluding ortho intramolecular Hbond substituents is 1. The van der Waals surface area contributed by atoms with E-state index >= 15 is 0 Å². The second-order valence-electron chi connectivity index (χ2n) is 8.25. The summed E-state index contributed by atoms with van der Waals surface area (Å²) in [5.74, 6) is 0.298. The molecule has 0 spiro atoms. The Kier molecular flexibility index (Phi) is 12.2. The quantitative estimate of drug-likeness (QED) is 0.545. The number of benzene rings is 1. The lowest BCUT2D eigenvalue weighted by atomic mass is 9.90. The molecule has 0 unspecified atom stereocenters. The summed E-state index contributed by atoms with van der Waals surface area (Å²) in [4.78, 5) is 8.69. The first-order chi connectivity index (χ1) is 15.2. The lowest BCUT2D eigenvalue weighted by molar-refractivity contribution is 0.105. The van der Waals surface area contributed by atoms with E-state index in [1.165, 1.54) is 68.6 Å². The van der Waals surface area contributed by atoms with Crippen LogP contribution in [0.3, 0.4) is 0 Å². The fourth-order valence-corrected chi connectivity index (χ4v) is 4.97. The Morgan fingerprint density at radius 3 is 2.23 bits per heavy atom. The van der Waals surface area contributed by atoms with Crippen molar-refractivity contribution in [1.29, 1.82) is 0 Å². The van der Waals surface area contributed by atoms with E-state index in [-0.39, 0.29) is 0 Å². The van der Waals surface area contributed by atoms with Gasteiger partial charge in [-0.05, 0) is 63.0 Å². The van der Waals surface area contributed by atoms with Gasteiger partial charge in [-0.3, -0.25) is 0 Å². The summed E-state index contributed by atoms with van der Waals surface area (Å²) in [5.41, 5.74) is 2.31. The van der Waals surface area contributed by atoms with Crippen molar-refractivity contribution in [2.24, 2.45) is 0 Å². The summed E-state index contributed by atoms with van der Waals surface area (Å²) in [7, 11) is 0. The number of nitrogens with one attached hydrogen (secondary N) is 1. The Labute approximate surface area is 194 Å². The van der Waals surface area contributed by atoms with Crippen LogP contribution in [-0.2, 0) is 13.0 Å². The fourth-order valence-electron chi connectivity index (χ4n) is 3.89. The highest BCUT2D eigenvalue weighted by molar-refractivity contribution is 7.15. The van der Waals surface area contributed by atoms with E-state index < -0.39 is 0 Å². The minimum absolute atomic E-state index is 0.298. The molecule has 1 saturated carbocycles. The van der Waals surface area contributed by atoms with Crippen molar-refractivity contribution >= 4 is 11.3 Å². The molecule has 5 rings (SSSR count). The van der Waals surface area contributed by atoms with Gasteiger partial charge in [-0.2, -0.15) is 0 Å². The SMILES string of the molecule is C1CCN(C2CCC2)CC1.CC.CCC.Oc1ccc(-c2nc3c(s2)CNCC3)cc1. The van der Waals surface area contributed by atoms with Crippen LogP contribution in [0.2, 0.25) is 0 Å². The average molecular weight is 446 g/mol. The summed E-state index contributed by atoms with van der Waals surface area (Å²) in [5, 5.41) is 13.6. The highest BCUT2D eigenvalue weighted by Gasteiger charge is 2.25. The minimum atomic E-state index is 0.298. The summed E-state index contributed by atoms with van der Waals surface area (Å²) >= 11 is 1.74. The summed E-state index contributed by atoms with van der Waals surface area (Å²) in [6.07, 6.45) is 11.1. The van der Waals surface area contributed by atoms with E-state index in [2.05, 4.69) is 29.0 Å². The number of aromatic hydroxyl groups is 1. The highest BCUT2D eigenvalue weighted by Crippen LogP contribution is 2.30. The third-order valence-corrected chi connectivity index (χ3v) is 6.85. The van der Waals surface area contributed by atoms with E-state index in [9.17, 15) is 5.11 Å². The van der Waals surface area contributed by atoms with Gasteiger partial charge in [0.25, 0.3) is 0 Å². The van der Waals surface area contributed by atoms with Crippen LogP contribution >= 0.6 is 11.3 Å². The van der Waals surface area contributed by atoms with Crippen molar-refractivity contribution in [1.82, 2.24) is 15.2 Å². The number of phenols is 1. The summed E-state index contributed by atoms with van der Waals surface area (Å²) in [6.45, 7) is 13.0. The fraction of sp³-hybridized carbons (Fsp3) is 0.654. The van der Waals surface area contributed by atoms with Gasteiger partial charge >= 0.3 is 0 Å². The molecule has 0 amide bonds. The molecule has 4 nitrogen and oxygen atoms in total. The molecular weight excluding hydrogens is 402 g/mol. The number of likely N-dealkylation sites (tertiary alicyclic amines) is 1. The Balaban J connectivity index is 0.000000195. The molecule has 0 radical (unpaired) electrons. The summed E-state index contributed by atoms with van der Waals surface area (Å²) in [6, 6.07) is 8.22. The lowest BCUT2D eigenvalue weighted by Crippen LogP contribution is -2.42. The molecule has 3 heterocycles. The molecule has 1 aromatic heterocycles. The zero-order valence-corrected chi connectivity index (χ0v) is 20.9. The molecule has 0 atom stereocenters. The molecule has 2 aliphatic heterocycles. The third kappa shape index (κ3) is 8.21. The monoisotopic (exact) mass is 445 g/mol. The van der Waals surface area contributed by atoms with Gasteiger partial charge in [0.2, 0.25) is 0 Å². The number of hydrogen-bond donors (Lipinski definition) is 2. The van der Waals surface area contributed by atoms with E-state index in [0.29, 0.717) is 5.75 Å². The smallest absolute Gasteiger partial charge is 0.123 e. The van der Waals surface area contributed by atoms with Crippen LogP contribution in [0.15, 0.2) is 24.3 Å². The van der Waals surface area contributed by atoms with Crippen molar-refractivity contribution in [2.75, 3.05) is 19.6 Å². The van der Waals surface area contributed by atoms with E-state index in [1.807, 2.05) is 26.0 Å². The van der Waals surface area contributed by atoms with Crippen LogP contribution < -0.4 is 5.32 Å². The van der Waals surface area contributed by atoms with E-state index in [0.717, 1.165) is 36.1 Å². The maximum absolute atomic E-state index is 9.24. The van der Waals surface area contributed by atoms with Gasteiger partial charge in [0.1, 0.15) is 10.8 Å². The summed E-state index contributed by atoms with van der Waals surface area (Å²) < 4.78 is 0.